The van der Waals surface area contributed by atoms with Gasteiger partial charge in [-0.25, -0.2) is 9.97 Å². The average Bonchev–Trinajstić information content (AvgIpc) is 2.97. The smallest absolute Gasteiger partial charge is 0.217 e. The minimum Gasteiger partial charge on any atom is -0.352 e. The van der Waals surface area contributed by atoms with Crippen LogP contribution in [0.5, 0.6) is 0 Å². The van der Waals surface area contributed by atoms with Gasteiger partial charge in [0.15, 0.2) is 5.65 Å². The zero-order chi connectivity index (χ0) is 15.0. The molecule has 7 nitrogen and oxygen atoms in total. The number of halogens is 1. The van der Waals surface area contributed by atoms with Gasteiger partial charge in [-0.05, 0) is 6.42 Å². The molecule has 0 aromatic carbocycles. The number of hydrogen-bond donors (Lipinski definition) is 1. The summed E-state index contributed by atoms with van der Waals surface area (Å²) in [4.78, 5) is 22.2. The summed E-state index contributed by atoms with van der Waals surface area (Å²) in [7, 11) is 1.83. The van der Waals surface area contributed by atoms with E-state index in [-0.39, 0.29) is 11.9 Å². The van der Waals surface area contributed by atoms with Gasteiger partial charge in [-0.15, -0.1) is 0 Å². The second-order valence-corrected chi connectivity index (χ2v) is 5.72. The van der Waals surface area contributed by atoms with Crippen LogP contribution in [0.25, 0.3) is 11.0 Å². The van der Waals surface area contributed by atoms with Crippen molar-refractivity contribution in [1.29, 1.82) is 0 Å². The van der Waals surface area contributed by atoms with Crippen LogP contribution in [0.2, 0.25) is 5.15 Å². The number of hydrogen-bond acceptors (Lipinski definition) is 5. The third-order valence-electron chi connectivity index (χ3n) is 3.64. The molecule has 1 fully saturated rings. The van der Waals surface area contributed by atoms with Crippen molar-refractivity contribution in [2.75, 3.05) is 13.1 Å². The summed E-state index contributed by atoms with van der Waals surface area (Å²) < 4.78 is 1.69. The SMILES string of the molecule is CC(=O)NC1CCN(Cc2nc(Cl)c3cnn(C)c3n2)C1. The highest BCUT2D eigenvalue weighted by Gasteiger charge is 2.24. The summed E-state index contributed by atoms with van der Waals surface area (Å²) in [6.07, 6.45) is 2.62. The first-order valence-electron chi connectivity index (χ1n) is 6.86. The van der Waals surface area contributed by atoms with Crippen LogP contribution in [0.3, 0.4) is 0 Å². The molecule has 1 amide bonds. The molecule has 2 aromatic heterocycles. The first-order chi connectivity index (χ1) is 10.0. The Morgan fingerprint density at radius 2 is 2.33 bits per heavy atom. The summed E-state index contributed by atoms with van der Waals surface area (Å²) in [6, 6.07) is 0.207. The van der Waals surface area contributed by atoms with E-state index in [1.807, 2.05) is 7.05 Å². The third-order valence-corrected chi connectivity index (χ3v) is 3.92. The lowest BCUT2D eigenvalue weighted by molar-refractivity contribution is -0.119. The largest absolute Gasteiger partial charge is 0.352 e. The highest BCUT2D eigenvalue weighted by Crippen LogP contribution is 2.20. The Balaban J connectivity index is 1.74. The number of aromatic nitrogens is 4. The lowest BCUT2D eigenvalue weighted by atomic mass is 10.3. The predicted molar refractivity (Wildman–Crippen MR) is 78.8 cm³/mol. The van der Waals surface area contributed by atoms with Gasteiger partial charge in [0.1, 0.15) is 11.0 Å². The highest BCUT2D eigenvalue weighted by atomic mass is 35.5. The molecule has 0 spiro atoms. The summed E-state index contributed by atoms with van der Waals surface area (Å²) in [5.41, 5.74) is 0.739. The molecule has 3 rings (SSSR count). The van der Waals surface area contributed by atoms with E-state index < -0.39 is 0 Å². The van der Waals surface area contributed by atoms with Gasteiger partial charge in [-0.1, -0.05) is 11.6 Å². The van der Waals surface area contributed by atoms with Crippen LogP contribution in [0.1, 0.15) is 19.2 Å². The molecule has 2 aromatic rings. The van der Waals surface area contributed by atoms with Crippen molar-refractivity contribution in [3.63, 3.8) is 0 Å². The van der Waals surface area contributed by atoms with Crippen molar-refractivity contribution in [3.05, 3.63) is 17.2 Å². The van der Waals surface area contributed by atoms with Gasteiger partial charge in [0.25, 0.3) is 0 Å². The van der Waals surface area contributed by atoms with E-state index in [0.717, 1.165) is 30.5 Å². The Kier molecular flexibility index (Phi) is 3.77. The number of nitrogens with one attached hydrogen (secondary N) is 1. The van der Waals surface area contributed by atoms with Crippen LogP contribution in [-0.4, -0.2) is 49.7 Å². The third kappa shape index (κ3) is 2.98. The Hall–Kier alpha value is -1.73. The average molecular weight is 309 g/mol. The molecular formula is C13H17ClN6O. The summed E-state index contributed by atoms with van der Waals surface area (Å²) in [6.45, 7) is 3.89. The molecule has 1 aliphatic heterocycles. The second-order valence-electron chi connectivity index (χ2n) is 5.36. The van der Waals surface area contributed by atoms with Crippen molar-refractivity contribution in [2.24, 2.45) is 7.05 Å². The molecule has 3 heterocycles. The highest BCUT2D eigenvalue weighted by molar-refractivity contribution is 6.33. The van der Waals surface area contributed by atoms with E-state index in [4.69, 9.17) is 11.6 Å². The summed E-state index contributed by atoms with van der Waals surface area (Å²) in [5, 5.41) is 8.28. The minimum absolute atomic E-state index is 0.0115. The molecule has 0 saturated carbocycles. The Labute approximate surface area is 127 Å². The van der Waals surface area contributed by atoms with Gasteiger partial charge in [0.05, 0.1) is 18.1 Å². The van der Waals surface area contributed by atoms with Crippen molar-refractivity contribution in [2.45, 2.75) is 25.9 Å². The molecule has 0 bridgehead atoms. The van der Waals surface area contributed by atoms with Crippen molar-refractivity contribution >= 4 is 28.5 Å². The number of aryl methyl sites for hydroxylation is 1. The number of nitrogens with zero attached hydrogens (tertiary/aromatic N) is 5. The van der Waals surface area contributed by atoms with Crippen LogP contribution in [0.15, 0.2) is 6.20 Å². The molecule has 112 valence electrons. The molecule has 1 unspecified atom stereocenters. The standard InChI is InChI=1S/C13H17ClN6O/c1-8(21)16-9-3-4-20(6-9)7-11-17-12(14)10-5-15-19(2)13(10)18-11/h5,9H,3-4,6-7H2,1-2H3,(H,16,21). The van der Waals surface area contributed by atoms with Crippen LogP contribution in [0, 0.1) is 0 Å². The second kappa shape index (κ2) is 5.57. The summed E-state index contributed by atoms with van der Waals surface area (Å²) in [5.74, 6) is 0.692. The monoisotopic (exact) mass is 308 g/mol. The maximum Gasteiger partial charge on any atom is 0.217 e. The van der Waals surface area contributed by atoms with E-state index in [9.17, 15) is 4.79 Å². The fourth-order valence-electron chi connectivity index (χ4n) is 2.68. The molecule has 21 heavy (non-hydrogen) atoms. The maximum absolute atomic E-state index is 11.1. The molecule has 1 atom stereocenters. The first kappa shape index (κ1) is 14.2. The predicted octanol–water partition coefficient (Wildman–Crippen LogP) is 0.727. The van der Waals surface area contributed by atoms with Crippen LogP contribution >= 0.6 is 11.6 Å². The van der Waals surface area contributed by atoms with E-state index in [2.05, 4.69) is 25.3 Å². The van der Waals surface area contributed by atoms with Gasteiger partial charge in [0.2, 0.25) is 5.91 Å². The number of carbonyl (C=O) groups is 1. The van der Waals surface area contributed by atoms with Gasteiger partial charge in [-0.3, -0.25) is 14.4 Å². The number of likely N-dealkylation sites (tertiary alicyclic amines) is 1. The van der Waals surface area contributed by atoms with Gasteiger partial charge >= 0.3 is 0 Å². The minimum atomic E-state index is 0.0115. The van der Waals surface area contributed by atoms with E-state index in [0.29, 0.717) is 17.5 Å². The number of rotatable bonds is 3. The molecule has 8 heteroatoms. The lowest BCUT2D eigenvalue weighted by Crippen LogP contribution is -2.35. The fourth-order valence-corrected chi connectivity index (χ4v) is 2.91. The first-order valence-corrected chi connectivity index (χ1v) is 7.24. The van der Waals surface area contributed by atoms with Crippen molar-refractivity contribution in [3.8, 4) is 0 Å². The lowest BCUT2D eigenvalue weighted by Gasteiger charge is -2.15. The molecular weight excluding hydrogens is 292 g/mol. The molecule has 0 radical (unpaired) electrons. The van der Waals surface area contributed by atoms with E-state index >= 15 is 0 Å². The number of fused-ring (bicyclic) bond motifs is 1. The van der Waals surface area contributed by atoms with E-state index in [1.54, 1.807) is 17.8 Å². The van der Waals surface area contributed by atoms with Crippen molar-refractivity contribution in [1.82, 2.24) is 30.0 Å². The zero-order valence-corrected chi connectivity index (χ0v) is 12.8. The van der Waals surface area contributed by atoms with Crippen molar-refractivity contribution < 1.29 is 4.79 Å². The molecule has 0 aliphatic carbocycles. The Bertz CT molecular complexity index is 685. The summed E-state index contributed by atoms with van der Waals surface area (Å²) >= 11 is 6.18. The molecule has 1 saturated heterocycles. The Morgan fingerprint density at radius 1 is 1.52 bits per heavy atom. The van der Waals surface area contributed by atoms with Gasteiger partial charge < -0.3 is 5.32 Å². The molecule has 1 aliphatic rings. The number of amides is 1. The zero-order valence-electron chi connectivity index (χ0n) is 12.0. The fraction of sp³-hybridized carbons (Fsp3) is 0.538. The van der Waals surface area contributed by atoms with Crippen LogP contribution in [0.4, 0.5) is 0 Å². The van der Waals surface area contributed by atoms with E-state index in [1.165, 1.54) is 0 Å². The maximum atomic E-state index is 11.1. The molecule has 1 N–H and O–H groups in total. The van der Waals surface area contributed by atoms with Gasteiger partial charge in [0, 0.05) is 33.1 Å². The topological polar surface area (TPSA) is 75.9 Å². The van der Waals surface area contributed by atoms with Gasteiger partial charge in [-0.2, -0.15) is 5.10 Å². The van der Waals surface area contributed by atoms with Crippen LogP contribution in [-0.2, 0) is 18.4 Å². The number of carbonyl (C=O) groups excluding carboxylic acids is 1. The quantitative estimate of drug-likeness (QED) is 0.846. The Morgan fingerprint density at radius 3 is 3.10 bits per heavy atom. The van der Waals surface area contributed by atoms with Crippen LogP contribution < -0.4 is 5.32 Å². The normalized spacial score (nSPS) is 19.3.